The first-order valence-electron chi connectivity index (χ1n) is 7.30. The summed E-state index contributed by atoms with van der Waals surface area (Å²) in [5.74, 6) is 0. The fourth-order valence-electron chi connectivity index (χ4n) is 2.26. The minimum absolute atomic E-state index is 0.0538. The fourth-order valence-corrected chi connectivity index (χ4v) is 2.26. The van der Waals surface area contributed by atoms with E-state index >= 15 is 0 Å². The van der Waals surface area contributed by atoms with Crippen LogP contribution in [0.2, 0.25) is 0 Å². The Balaban J connectivity index is 1.74. The lowest BCUT2D eigenvalue weighted by molar-refractivity contribution is 0.143. The van der Waals surface area contributed by atoms with Crippen molar-refractivity contribution < 1.29 is 9.59 Å². The third-order valence-corrected chi connectivity index (χ3v) is 3.47. The molecule has 0 atom stereocenters. The molecule has 1 saturated heterocycles. The summed E-state index contributed by atoms with van der Waals surface area (Å²) >= 11 is 0. The second kappa shape index (κ2) is 7.52. The van der Waals surface area contributed by atoms with E-state index in [0.29, 0.717) is 39.3 Å². The highest BCUT2D eigenvalue weighted by atomic mass is 16.2. The number of nitrogens with one attached hydrogen (secondary N) is 2. The zero-order valence-electron chi connectivity index (χ0n) is 12.3. The van der Waals surface area contributed by atoms with Crippen LogP contribution < -0.4 is 10.6 Å². The van der Waals surface area contributed by atoms with E-state index in [0.717, 1.165) is 5.56 Å². The smallest absolute Gasteiger partial charge is 0.317 e. The molecule has 0 unspecified atom stereocenters. The molecule has 1 aromatic rings. The molecule has 2 rings (SSSR count). The van der Waals surface area contributed by atoms with E-state index in [4.69, 9.17) is 0 Å². The molecule has 6 heteroatoms. The lowest BCUT2D eigenvalue weighted by Gasteiger charge is -2.34. The molecule has 0 aliphatic carbocycles. The third-order valence-electron chi connectivity index (χ3n) is 3.47. The zero-order chi connectivity index (χ0) is 15.1. The Morgan fingerprint density at radius 2 is 1.48 bits per heavy atom. The van der Waals surface area contributed by atoms with Crippen molar-refractivity contribution >= 4 is 12.1 Å². The van der Waals surface area contributed by atoms with Crippen molar-refractivity contribution in [2.75, 3.05) is 32.7 Å². The van der Waals surface area contributed by atoms with Gasteiger partial charge in [-0.15, -0.1) is 0 Å². The van der Waals surface area contributed by atoms with E-state index in [1.54, 1.807) is 9.80 Å². The van der Waals surface area contributed by atoms with Crippen LogP contribution in [-0.4, -0.2) is 54.6 Å². The standard InChI is InChI=1S/C15H22N4O2/c1-2-16-14(20)18-8-10-19(11-9-18)15(21)17-12-13-6-4-3-5-7-13/h3-7H,2,8-12H2,1H3,(H,16,20)(H,17,21). The second-order valence-corrected chi connectivity index (χ2v) is 4.95. The maximum atomic E-state index is 12.1. The molecule has 0 saturated carbocycles. The molecular weight excluding hydrogens is 268 g/mol. The van der Waals surface area contributed by atoms with Gasteiger partial charge in [-0.1, -0.05) is 30.3 Å². The number of hydrogen-bond donors (Lipinski definition) is 2. The van der Waals surface area contributed by atoms with Gasteiger partial charge in [0.05, 0.1) is 0 Å². The highest BCUT2D eigenvalue weighted by Crippen LogP contribution is 2.03. The summed E-state index contributed by atoms with van der Waals surface area (Å²) in [5.41, 5.74) is 1.08. The van der Waals surface area contributed by atoms with Crippen LogP contribution >= 0.6 is 0 Å². The van der Waals surface area contributed by atoms with E-state index in [1.807, 2.05) is 37.3 Å². The van der Waals surface area contributed by atoms with Gasteiger partial charge in [-0.05, 0) is 12.5 Å². The Morgan fingerprint density at radius 3 is 2.00 bits per heavy atom. The first kappa shape index (κ1) is 15.2. The number of benzene rings is 1. The molecule has 2 N–H and O–H groups in total. The molecule has 114 valence electrons. The van der Waals surface area contributed by atoms with Gasteiger partial charge in [0.1, 0.15) is 0 Å². The predicted molar refractivity (Wildman–Crippen MR) is 80.9 cm³/mol. The third kappa shape index (κ3) is 4.37. The molecular formula is C15H22N4O2. The van der Waals surface area contributed by atoms with Crippen LogP contribution in [-0.2, 0) is 6.54 Å². The average molecular weight is 290 g/mol. The van der Waals surface area contributed by atoms with Crippen molar-refractivity contribution in [1.82, 2.24) is 20.4 Å². The van der Waals surface area contributed by atoms with Crippen LogP contribution in [0.5, 0.6) is 0 Å². The molecule has 0 aromatic heterocycles. The lowest BCUT2D eigenvalue weighted by Crippen LogP contribution is -2.55. The summed E-state index contributed by atoms with van der Waals surface area (Å²) in [6.45, 7) is 5.32. The highest BCUT2D eigenvalue weighted by molar-refractivity contribution is 5.76. The molecule has 1 aromatic carbocycles. The zero-order valence-corrected chi connectivity index (χ0v) is 12.3. The van der Waals surface area contributed by atoms with Crippen LogP contribution in [0.15, 0.2) is 30.3 Å². The maximum absolute atomic E-state index is 12.1. The largest absolute Gasteiger partial charge is 0.338 e. The summed E-state index contributed by atoms with van der Waals surface area (Å²) in [7, 11) is 0. The molecule has 1 aliphatic rings. The summed E-state index contributed by atoms with van der Waals surface area (Å²) in [5, 5.41) is 5.68. The van der Waals surface area contributed by atoms with Crippen LogP contribution in [0.3, 0.4) is 0 Å². The Labute approximate surface area is 125 Å². The summed E-state index contributed by atoms with van der Waals surface area (Å²) in [4.78, 5) is 27.2. The van der Waals surface area contributed by atoms with Crippen LogP contribution in [0.25, 0.3) is 0 Å². The number of hydrogen-bond acceptors (Lipinski definition) is 2. The van der Waals surface area contributed by atoms with Gasteiger partial charge in [0.2, 0.25) is 0 Å². The Morgan fingerprint density at radius 1 is 0.952 bits per heavy atom. The summed E-state index contributed by atoms with van der Waals surface area (Å²) in [6, 6.07) is 9.68. The Kier molecular flexibility index (Phi) is 5.43. The molecule has 0 radical (unpaired) electrons. The van der Waals surface area contributed by atoms with Gasteiger partial charge in [0, 0.05) is 39.3 Å². The topological polar surface area (TPSA) is 64.7 Å². The van der Waals surface area contributed by atoms with Gasteiger partial charge >= 0.3 is 12.1 Å². The van der Waals surface area contributed by atoms with Crippen molar-refractivity contribution in [2.24, 2.45) is 0 Å². The second-order valence-electron chi connectivity index (χ2n) is 4.95. The SMILES string of the molecule is CCNC(=O)N1CCN(C(=O)NCc2ccccc2)CC1. The van der Waals surface area contributed by atoms with Crippen molar-refractivity contribution in [2.45, 2.75) is 13.5 Å². The Hall–Kier alpha value is -2.24. The summed E-state index contributed by atoms with van der Waals surface area (Å²) < 4.78 is 0. The molecule has 0 spiro atoms. The molecule has 1 fully saturated rings. The minimum Gasteiger partial charge on any atom is -0.338 e. The molecule has 1 aliphatic heterocycles. The lowest BCUT2D eigenvalue weighted by atomic mass is 10.2. The number of carbonyl (C=O) groups is 2. The predicted octanol–water partition coefficient (Wildman–Crippen LogP) is 1.24. The quantitative estimate of drug-likeness (QED) is 0.880. The number of piperazine rings is 1. The van der Waals surface area contributed by atoms with Crippen LogP contribution in [0, 0.1) is 0 Å². The first-order valence-corrected chi connectivity index (χ1v) is 7.30. The first-order chi connectivity index (χ1) is 10.2. The van der Waals surface area contributed by atoms with Gasteiger partial charge in [0.25, 0.3) is 0 Å². The van der Waals surface area contributed by atoms with Gasteiger partial charge in [-0.2, -0.15) is 0 Å². The van der Waals surface area contributed by atoms with E-state index in [1.165, 1.54) is 0 Å². The van der Waals surface area contributed by atoms with Gasteiger partial charge in [0.15, 0.2) is 0 Å². The van der Waals surface area contributed by atoms with Crippen molar-refractivity contribution in [3.05, 3.63) is 35.9 Å². The fraction of sp³-hybridized carbons (Fsp3) is 0.467. The minimum atomic E-state index is -0.0746. The van der Waals surface area contributed by atoms with Crippen molar-refractivity contribution in [3.63, 3.8) is 0 Å². The number of amides is 4. The van der Waals surface area contributed by atoms with E-state index < -0.39 is 0 Å². The van der Waals surface area contributed by atoms with E-state index in [9.17, 15) is 9.59 Å². The number of rotatable bonds is 3. The summed E-state index contributed by atoms with van der Waals surface area (Å²) in [6.07, 6.45) is 0. The van der Waals surface area contributed by atoms with Gasteiger partial charge < -0.3 is 20.4 Å². The monoisotopic (exact) mass is 290 g/mol. The number of nitrogens with zero attached hydrogens (tertiary/aromatic N) is 2. The van der Waals surface area contributed by atoms with Gasteiger partial charge in [-0.25, -0.2) is 9.59 Å². The van der Waals surface area contributed by atoms with E-state index in [2.05, 4.69) is 10.6 Å². The van der Waals surface area contributed by atoms with Gasteiger partial charge in [-0.3, -0.25) is 0 Å². The average Bonchev–Trinajstić information content (AvgIpc) is 2.54. The van der Waals surface area contributed by atoms with Crippen LogP contribution in [0.4, 0.5) is 9.59 Å². The van der Waals surface area contributed by atoms with Crippen LogP contribution in [0.1, 0.15) is 12.5 Å². The van der Waals surface area contributed by atoms with Crippen molar-refractivity contribution in [1.29, 1.82) is 0 Å². The molecule has 6 nitrogen and oxygen atoms in total. The Bertz CT molecular complexity index is 470. The molecule has 1 heterocycles. The number of carbonyl (C=O) groups excluding carboxylic acids is 2. The molecule has 4 amide bonds. The van der Waals surface area contributed by atoms with E-state index in [-0.39, 0.29) is 12.1 Å². The maximum Gasteiger partial charge on any atom is 0.317 e. The molecule has 21 heavy (non-hydrogen) atoms. The number of urea groups is 2. The highest BCUT2D eigenvalue weighted by Gasteiger charge is 2.23. The normalized spacial score (nSPS) is 14.7. The van der Waals surface area contributed by atoms with Crippen molar-refractivity contribution in [3.8, 4) is 0 Å². The molecule has 0 bridgehead atoms.